The SMILES string of the molecule is C=C1O[C@H](C2COC3(O2)C(C)=C(C=C(C)C)C(C)(C)CC3O)C(O)=C1O.CC(C)=CC1=C(C)C(=O)C(C)CC1(C)C.O=C1O[C@H]([C@@H](O)CO)C(O)=C1O. The molecule has 0 amide bonds. The summed E-state index contributed by atoms with van der Waals surface area (Å²) < 4.78 is 21.8. The molecule has 7 N–H and O–H groups in total. The molecule has 2 aliphatic carbocycles. The average Bonchev–Trinajstić information content (AvgIpc) is 3.70. The van der Waals surface area contributed by atoms with Crippen LogP contribution in [-0.2, 0) is 28.5 Å². The molecule has 1 saturated heterocycles. The Morgan fingerprint density at radius 2 is 1.43 bits per heavy atom. The zero-order valence-corrected chi connectivity index (χ0v) is 32.7. The Balaban J connectivity index is 0.000000237. The molecule has 7 atom stereocenters. The van der Waals surface area contributed by atoms with Crippen molar-refractivity contribution in [1.29, 1.82) is 0 Å². The third-order valence-electron chi connectivity index (χ3n) is 10.1. The average molecular weight is 747 g/mol. The number of esters is 1. The molecule has 0 aromatic heterocycles. The van der Waals surface area contributed by atoms with Gasteiger partial charge in [-0.1, -0.05) is 64.5 Å². The lowest BCUT2D eigenvalue weighted by atomic mass is 9.68. The van der Waals surface area contributed by atoms with Gasteiger partial charge in [0.25, 0.3) is 0 Å². The summed E-state index contributed by atoms with van der Waals surface area (Å²) in [6, 6.07) is 0. The maximum Gasteiger partial charge on any atom is 0.377 e. The molecule has 1 spiro atoms. The van der Waals surface area contributed by atoms with Gasteiger partial charge in [0.1, 0.15) is 18.3 Å². The van der Waals surface area contributed by atoms with E-state index in [-0.39, 0.29) is 40.6 Å². The first kappa shape index (κ1) is 43.5. The summed E-state index contributed by atoms with van der Waals surface area (Å²) in [7, 11) is 0. The monoisotopic (exact) mass is 746 g/mol. The van der Waals surface area contributed by atoms with Crippen molar-refractivity contribution in [2.24, 2.45) is 16.7 Å². The van der Waals surface area contributed by atoms with Crippen LogP contribution in [0.25, 0.3) is 0 Å². The zero-order valence-electron chi connectivity index (χ0n) is 32.7. The first-order valence-corrected chi connectivity index (χ1v) is 17.7. The maximum absolute atomic E-state index is 11.9. The van der Waals surface area contributed by atoms with Crippen LogP contribution in [0.3, 0.4) is 0 Å². The van der Waals surface area contributed by atoms with Crippen molar-refractivity contribution in [3.8, 4) is 0 Å². The van der Waals surface area contributed by atoms with Crippen LogP contribution in [0.5, 0.6) is 0 Å². The Labute approximate surface area is 311 Å². The van der Waals surface area contributed by atoms with E-state index in [0.29, 0.717) is 12.2 Å². The molecule has 0 aromatic carbocycles. The first-order chi connectivity index (χ1) is 24.3. The van der Waals surface area contributed by atoms with Crippen LogP contribution in [0.4, 0.5) is 0 Å². The van der Waals surface area contributed by atoms with Crippen LogP contribution < -0.4 is 0 Å². The molecule has 53 heavy (non-hydrogen) atoms. The minimum atomic E-state index is -1.42. The fourth-order valence-electron chi connectivity index (χ4n) is 7.47. The third-order valence-corrected chi connectivity index (χ3v) is 10.1. The fraction of sp³-hybridized carbons (Fsp3) is 0.600. The van der Waals surface area contributed by atoms with Crippen molar-refractivity contribution < 1.29 is 64.3 Å². The number of aliphatic hydroxyl groups excluding tert-OH is 7. The van der Waals surface area contributed by atoms with Crippen molar-refractivity contribution in [1.82, 2.24) is 0 Å². The van der Waals surface area contributed by atoms with Gasteiger partial charge < -0.3 is 54.7 Å². The Kier molecular flexibility index (Phi) is 13.3. The molecule has 296 valence electrons. The highest BCUT2D eigenvalue weighted by Gasteiger charge is 2.57. The number of carbonyl (C=O) groups is 2. The van der Waals surface area contributed by atoms with Gasteiger partial charge in [-0.05, 0) is 87.5 Å². The molecular weight excluding hydrogens is 688 g/mol. The highest BCUT2D eigenvalue weighted by Crippen LogP contribution is 2.51. The predicted octanol–water partition coefficient (Wildman–Crippen LogP) is 5.91. The molecule has 3 heterocycles. The molecule has 13 heteroatoms. The van der Waals surface area contributed by atoms with Crippen LogP contribution in [0, 0.1) is 16.7 Å². The van der Waals surface area contributed by atoms with Gasteiger partial charge in [-0.3, -0.25) is 4.79 Å². The number of hydrogen-bond acceptors (Lipinski definition) is 13. The van der Waals surface area contributed by atoms with Gasteiger partial charge in [-0.25, -0.2) is 4.79 Å². The van der Waals surface area contributed by atoms with Crippen molar-refractivity contribution in [2.75, 3.05) is 13.2 Å². The van der Waals surface area contributed by atoms with Crippen LogP contribution in [0.2, 0.25) is 0 Å². The molecule has 0 saturated carbocycles. The molecule has 5 aliphatic rings. The summed E-state index contributed by atoms with van der Waals surface area (Å²) in [5, 5.41) is 65.7. The normalized spacial score (nSPS) is 31.1. The van der Waals surface area contributed by atoms with Gasteiger partial charge in [0.15, 0.2) is 41.0 Å². The second-order valence-electron chi connectivity index (χ2n) is 16.1. The molecular formula is C40H58O13. The number of hydrogen-bond donors (Lipinski definition) is 7. The van der Waals surface area contributed by atoms with E-state index in [0.717, 1.165) is 28.7 Å². The molecule has 3 aliphatic heterocycles. The number of allylic oxidation sites excluding steroid dienone is 7. The lowest BCUT2D eigenvalue weighted by Gasteiger charge is -2.45. The van der Waals surface area contributed by atoms with Crippen molar-refractivity contribution in [3.05, 3.63) is 81.0 Å². The quantitative estimate of drug-likeness (QED) is 0.163. The van der Waals surface area contributed by atoms with Gasteiger partial charge in [0, 0.05) is 5.92 Å². The van der Waals surface area contributed by atoms with Gasteiger partial charge >= 0.3 is 5.97 Å². The summed E-state index contributed by atoms with van der Waals surface area (Å²) in [5.41, 5.74) is 6.39. The minimum absolute atomic E-state index is 0.000120. The standard InChI is InChI=1S/C20H28O6.C14H22O.C6H8O6/c1-10(2)7-13-11(3)20(15(21)8-19(13,5)6)24-9-14(26-20)18-17(23)16(22)12(4)25-18;1-9(2)7-12-11(4)13(15)10(3)8-14(12,5)6;7-1-2(8)5-3(9)4(10)6(11)12-5/h7,14-15,18,21-23H,4,8-9H2,1-3,5-6H3;7,10H,8H2,1-6H3;2,5,7-10H,1H2/t14?,15?,18-,20?;;2-,5+/m1.0/s1. The maximum atomic E-state index is 11.9. The van der Waals surface area contributed by atoms with Gasteiger partial charge in [0.05, 0.1) is 13.2 Å². The predicted molar refractivity (Wildman–Crippen MR) is 196 cm³/mol. The van der Waals surface area contributed by atoms with Crippen LogP contribution in [0.1, 0.15) is 89.0 Å². The van der Waals surface area contributed by atoms with E-state index in [1.807, 2.05) is 34.6 Å². The van der Waals surface area contributed by atoms with Crippen molar-refractivity contribution >= 4 is 11.8 Å². The highest BCUT2D eigenvalue weighted by molar-refractivity contribution is 5.98. The van der Waals surface area contributed by atoms with E-state index in [1.54, 1.807) is 0 Å². The summed E-state index contributed by atoms with van der Waals surface area (Å²) in [4.78, 5) is 22.5. The summed E-state index contributed by atoms with van der Waals surface area (Å²) in [6.07, 6.45) is 0.490. The zero-order chi connectivity index (χ0) is 40.5. The van der Waals surface area contributed by atoms with Gasteiger partial charge in [0.2, 0.25) is 11.5 Å². The summed E-state index contributed by atoms with van der Waals surface area (Å²) in [5.74, 6) is -4.26. The van der Waals surface area contributed by atoms with Crippen LogP contribution in [-0.4, -0.2) is 97.0 Å². The van der Waals surface area contributed by atoms with Gasteiger partial charge in [-0.2, -0.15) is 0 Å². The Hall–Kier alpha value is -3.88. The molecule has 0 radical (unpaired) electrons. The third kappa shape index (κ3) is 8.92. The van der Waals surface area contributed by atoms with Crippen molar-refractivity contribution in [2.45, 2.75) is 125 Å². The van der Waals surface area contributed by atoms with Crippen molar-refractivity contribution in [3.63, 3.8) is 0 Å². The minimum Gasteiger partial charge on any atom is -0.505 e. The number of aliphatic hydroxyl groups is 7. The molecule has 13 nitrogen and oxygen atoms in total. The van der Waals surface area contributed by atoms with E-state index in [1.165, 1.54) is 11.1 Å². The van der Waals surface area contributed by atoms with E-state index < -0.39 is 60.4 Å². The molecule has 0 bridgehead atoms. The molecule has 0 aromatic rings. The van der Waals surface area contributed by atoms with E-state index >= 15 is 0 Å². The number of cyclic esters (lactones) is 1. The van der Waals surface area contributed by atoms with E-state index in [9.17, 15) is 24.9 Å². The second kappa shape index (κ2) is 16.2. The topological polar surface area (TPSA) is 213 Å². The first-order valence-electron chi connectivity index (χ1n) is 17.7. The highest BCUT2D eigenvalue weighted by atomic mass is 16.8. The van der Waals surface area contributed by atoms with Gasteiger partial charge in [-0.15, -0.1) is 0 Å². The number of ether oxygens (including phenoxy) is 4. The number of Topliss-reactive ketones (excluding diaryl/α,β-unsaturated/α-hetero) is 1. The molecule has 1 fully saturated rings. The Bertz CT molecular complexity index is 1660. The van der Waals surface area contributed by atoms with Crippen LogP contribution >= 0.6 is 0 Å². The smallest absolute Gasteiger partial charge is 0.377 e. The largest absolute Gasteiger partial charge is 0.505 e. The summed E-state index contributed by atoms with van der Waals surface area (Å²) >= 11 is 0. The van der Waals surface area contributed by atoms with Crippen LogP contribution in [0.15, 0.2) is 81.0 Å². The summed E-state index contributed by atoms with van der Waals surface area (Å²) in [6.45, 7) is 25.8. The molecule has 5 rings (SSSR count). The van der Waals surface area contributed by atoms with E-state index in [4.69, 9.17) is 34.6 Å². The van der Waals surface area contributed by atoms with E-state index in [2.05, 4.69) is 65.0 Å². The lowest BCUT2D eigenvalue weighted by Crippen LogP contribution is -2.52. The number of rotatable bonds is 5. The Morgan fingerprint density at radius 1 is 0.887 bits per heavy atom. The molecule has 4 unspecified atom stereocenters. The lowest BCUT2D eigenvalue weighted by molar-refractivity contribution is -0.220. The number of carbonyl (C=O) groups excluding carboxylic acids is 2. The fourth-order valence-corrected chi connectivity index (χ4v) is 7.47. The second-order valence-corrected chi connectivity index (χ2v) is 16.1. The Morgan fingerprint density at radius 3 is 1.91 bits per heavy atom. The number of ketones is 1.